The summed E-state index contributed by atoms with van der Waals surface area (Å²) in [5, 5.41) is 3.06. The first-order valence-electron chi connectivity index (χ1n) is 15.6. The van der Waals surface area contributed by atoms with Gasteiger partial charge in [-0.1, -0.05) is 25.5 Å². The number of carbonyl (C=O) groups excluding carboxylic acids is 3. The molecule has 3 aromatic rings. The van der Waals surface area contributed by atoms with E-state index in [2.05, 4.69) is 35.2 Å². The summed E-state index contributed by atoms with van der Waals surface area (Å²) in [5.41, 5.74) is 1.91. The van der Waals surface area contributed by atoms with E-state index in [0.717, 1.165) is 43.0 Å². The number of rotatable bonds is 7. The molecule has 2 amide bonds. The number of hydrogen-bond donors (Lipinski definition) is 3. The van der Waals surface area contributed by atoms with Gasteiger partial charge in [-0.3, -0.25) is 19.1 Å². The van der Waals surface area contributed by atoms with E-state index in [-0.39, 0.29) is 11.5 Å². The monoisotopic (exact) mass is 676 g/mol. The number of halogens is 1. The second-order valence-electron chi connectivity index (χ2n) is 11.9. The summed E-state index contributed by atoms with van der Waals surface area (Å²) < 4.78 is 25.2. The first-order chi connectivity index (χ1) is 22.0. The second-order valence-corrected chi connectivity index (χ2v) is 14.6. The maximum Gasteiger partial charge on any atom is 0.363 e. The van der Waals surface area contributed by atoms with Crippen LogP contribution in [0.25, 0.3) is 10.1 Å². The van der Waals surface area contributed by atoms with Gasteiger partial charge in [-0.25, -0.2) is 4.39 Å². The van der Waals surface area contributed by atoms with Crippen molar-refractivity contribution in [3.8, 4) is 0 Å². The molecule has 0 radical (unpaired) electrons. The number of unbranched alkanes of at least 4 members (excludes halogenated alkanes) is 1. The Bertz CT molecular complexity index is 1480. The summed E-state index contributed by atoms with van der Waals surface area (Å²) in [4.78, 5) is 57.6. The Labute approximate surface area is 274 Å². The summed E-state index contributed by atoms with van der Waals surface area (Å²) >= 11 is 1.23. The van der Waals surface area contributed by atoms with Crippen LogP contribution in [0.15, 0.2) is 48.8 Å². The average Bonchev–Trinajstić information content (AvgIpc) is 3.38. The number of thiophene rings is 1. The third-order valence-corrected chi connectivity index (χ3v) is 10.7. The molecule has 46 heavy (non-hydrogen) atoms. The molecule has 4 heterocycles. The van der Waals surface area contributed by atoms with Gasteiger partial charge >= 0.3 is 7.60 Å². The Morgan fingerprint density at radius 1 is 1.20 bits per heavy atom. The lowest BCUT2D eigenvalue weighted by Gasteiger charge is -2.16. The van der Waals surface area contributed by atoms with Gasteiger partial charge in [0.05, 0.1) is 4.88 Å². The first kappa shape index (κ1) is 37.4. The number of nitrogens with one attached hydrogen (secondary N) is 1. The van der Waals surface area contributed by atoms with Gasteiger partial charge < -0.3 is 29.7 Å². The van der Waals surface area contributed by atoms with E-state index in [9.17, 15) is 18.5 Å². The van der Waals surface area contributed by atoms with Crippen LogP contribution in [0.5, 0.6) is 0 Å². The lowest BCUT2D eigenvalue weighted by molar-refractivity contribution is -0.130. The minimum atomic E-state index is -4.82. The number of likely N-dealkylation sites (tertiary alicyclic amines) is 2. The molecule has 1 saturated carbocycles. The van der Waals surface area contributed by atoms with Crippen LogP contribution in [0.2, 0.25) is 0 Å². The highest BCUT2D eigenvalue weighted by atomic mass is 32.1. The van der Waals surface area contributed by atoms with E-state index >= 15 is 0 Å². The van der Waals surface area contributed by atoms with Crippen molar-refractivity contribution < 1.29 is 33.1 Å². The van der Waals surface area contributed by atoms with Crippen LogP contribution >= 0.6 is 18.9 Å². The highest BCUT2D eigenvalue weighted by molar-refractivity contribution is 7.51. The van der Waals surface area contributed by atoms with E-state index in [4.69, 9.17) is 14.6 Å². The predicted molar refractivity (Wildman–Crippen MR) is 180 cm³/mol. The van der Waals surface area contributed by atoms with Gasteiger partial charge in [-0.2, -0.15) is 0 Å². The number of carbonyl (C=O) groups is 3. The van der Waals surface area contributed by atoms with Gasteiger partial charge in [0.2, 0.25) is 11.8 Å². The molecule has 2 saturated heterocycles. The zero-order valence-electron chi connectivity index (χ0n) is 26.9. The van der Waals surface area contributed by atoms with Gasteiger partial charge in [-0.05, 0) is 92.3 Å². The quantitative estimate of drug-likeness (QED) is 0.257. The summed E-state index contributed by atoms with van der Waals surface area (Å²) in [6.45, 7) is 7.34. The van der Waals surface area contributed by atoms with Crippen molar-refractivity contribution in [3.63, 3.8) is 0 Å². The van der Waals surface area contributed by atoms with Gasteiger partial charge in [0, 0.05) is 55.7 Å². The first-order valence-corrected chi connectivity index (χ1v) is 18.1. The predicted octanol–water partition coefficient (Wildman–Crippen LogP) is 6.05. The number of amides is 2. The van der Waals surface area contributed by atoms with Crippen molar-refractivity contribution >= 4 is 47.6 Å². The van der Waals surface area contributed by atoms with Crippen molar-refractivity contribution in [1.82, 2.24) is 20.1 Å². The average molecular weight is 677 g/mol. The second kappa shape index (κ2) is 17.2. The van der Waals surface area contributed by atoms with Gasteiger partial charge in [-0.15, -0.1) is 11.3 Å². The molecular weight excluding hydrogens is 630 g/mol. The Balaban J connectivity index is 0.000000189. The number of likely N-dealkylation sites (N-methyl/N-ethyl adjacent to an activating group) is 1. The number of hydrogen-bond acceptors (Lipinski definition) is 7. The molecule has 0 bridgehead atoms. The standard InChI is InChI=1S/C12H16N2.C11H11FNO4PS.C9H17NO.CH2O/c1-14-9-11(7-12(14)4-5-12)10-3-2-6-13-8-10;1-13-11(14)9-5-7-4-6(2-3-8(7)19-9)10(12)18(15,16)17;1-2-3-6-9(11)10-7-4-5-8-10;1-2/h2-3,6,8,11H,4-5,7,9H2,1H3;2-5,10H,1H3,(H,13,14)(H2,15,16,17);2-8H2,1H3;1H2. The molecule has 2 aliphatic heterocycles. The lowest BCUT2D eigenvalue weighted by Crippen LogP contribution is -2.27. The van der Waals surface area contributed by atoms with Crippen molar-refractivity contribution in [2.24, 2.45) is 0 Å². The molecule has 10 nitrogen and oxygen atoms in total. The molecule has 2 aromatic heterocycles. The Hall–Kier alpha value is -3.02. The van der Waals surface area contributed by atoms with Crippen LogP contribution in [0.4, 0.5) is 4.39 Å². The maximum absolute atomic E-state index is 13.6. The number of pyridine rings is 1. The van der Waals surface area contributed by atoms with Crippen molar-refractivity contribution in [1.29, 1.82) is 0 Å². The Morgan fingerprint density at radius 2 is 1.89 bits per heavy atom. The third kappa shape index (κ3) is 9.99. The molecule has 1 spiro atoms. The normalized spacial score (nSPS) is 18.8. The van der Waals surface area contributed by atoms with E-state index in [1.165, 1.54) is 74.7 Å². The smallest absolute Gasteiger partial charge is 0.354 e. The molecule has 2 atom stereocenters. The zero-order chi connectivity index (χ0) is 33.9. The largest absolute Gasteiger partial charge is 0.363 e. The Kier molecular flexibility index (Phi) is 14.0. The maximum atomic E-state index is 13.6. The van der Waals surface area contributed by atoms with Crippen molar-refractivity contribution in [2.45, 2.75) is 75.7 Å². The van der Waals surface area contributed by atoms with Crippen molar-refractivity contribution in [3.05, 3.63) is 64.8 Å². The van der Waals surface area contributed by atoms with Gasteiger partial charge in [0.25, 0.3) is 5.91 Å². The number of aromatic nitrogens is 1. The molecule has 2 unspecified atom stereocenters. The van der Waals surface area contributed by atoms with Crippen molar-refractivity contribution in [2.75, 3.05) is 33.7 Å². The summed E-state index contributed by atoms with van der Waals surface area (Å²) in [5.74, 6) is -1.52. The minimum Gasteiger partial charge on any atom is -0.354 e. The van der Waals surface area contributed by atoms with Crippen LogP contribution < -0.4 is 5.32 Å². The fourth-order valence-electron chi connectivity index (χ4n) is 5.87. The molecule has 252 valence electrons. The highest BCUT2D eigenvalue weighted by Gasteiger charge is 2.52. The number of fused-ring (bicyclic) bond motifs is 1. The molecule has 3 N–H and O–H groups in total. The number of nitrogens with zero attached hydrogens (tertiary/aromatic N) is 3. The fourth-order valence-corrected chi connectivity index (χ4v) is 7.40. The fraction of sp³-hybridized carbons (Fsp3) is 0.515. The summed E-state index contributed by atoms with van der Waals surface area (Å²) in [7, 11) is -1.05. The van der Waals surface area contributed by atoms with Gasteiger partial charge in [0.1, 0.15) is 6.79 Å². The molecule has 3 aliphatic rings. The summed E-state index contributed by atoms with van der Waals surface area (Å²) in [6, 6.07) is 10.0. The van der Waals surface area contributed by atoms with E-state index < -0.39 is 13.5 Å². The van der Waals surface area contributed by atoms with Crippen LogP contribution in [-0.4, -0.2) is 82.4 Å². The number of benzene rings is 1. The topological polar surface area (TPSA) is 140 Å². The van der Waals surface area contributed by atoms with Crippen LogP contribution in [0, 0.1) is 0 Å². The van der Waals surface area contributed by atoms with E-state index in [1.807, 2.05) is 30.1 Å². The molecule has 3 fully saturated rings. The Morgan fingerprint density at radius 3 is 2.43 bits per heavy atom. The molecule has 1 aliphatic carbocycles. The molecule has 6 rings (SSSR count). The molecule has 1 aromatic carbocycles. The van der Waals surface area contributed by atoms with Crippen LogP contribution in [0.3, 0.4) is 0 Å². The molecular formula is C33H46FN4O6PS. The van der Waals surface area contributed by atoms with Crippen LogP contribution in [-0.2, 0) is 14.2 Å². The SMILES string of the molecule is C=O.CCCCC(=O)N1CCCC1.CN1CC(c2cccnc2)CC12CC2.CNC(=O)c1cc2cc(C(F)P(=O)(O)O)ccc2s1. The molecule has 13 heteroatoms. The number of alkyl halides is 1. The van der Waals surface area contributed by atoms with Gasteiger partial charge in [0.15, 0.2) is 0 Å². The third-order valence-electron chi connectivity index (χ3n) is 8.68. The highest BCUT2D eigenvalue weighted by Crippen LogP contribution is 2.53. The minimum absolute atomic E-state index is 0.0953. The van der Waals surface area contributed by atoms with Crippen LogP contribution in [0.1, 0.15) is 90.9 Å². The lowest BCUT2D eigenvalue weighted by atomic mass is 9.97. The summed E-state index contributed by atoms with van der Waals surface area (Å²) in [6.07, 6.45) is 13.4. The van der Waals surface area contributed by atoms with E-state index in [1.54, 1.807) is 12.1 Å². The van der Waals surface area contributed by atoms with E-state index in [0.29, 0.717) is 21.7 Å². The zero-order valence-corrected chi connectivity index (χ0v) is 28.6.